The summed E-state index contributed by atoms with van der Waals surface area (Å²) in [5, 5.41) is 3.63. The van der Waals surface area contributed by atoms with Crippen molar-refractivity contribution in [2.24, 2.45) is 0 Å². The van der Waals surface area contributed by atoms with Crippen molar-refractivity contribution in [3.63, 3.8) is 0 Å². The van der Waals surface area contributed by atoms with E-state index in [2.05, 4.69) is 10.2 Å². The second-order valence-corrected chi connectivity index (χ2v) is 7.99. The van der Waals surface area contributed by atoms with Gasteiger partial charge in [-0.05, 0) is 32.0 Å². The fourth-order valence-electron chi connectivity index (χ4n) is 3.19. The smallest absolute Gasteiger partial charge is 0.322 e. The highest BCUT2D eigenvalue weighted by atomic mass is 35.5. The van der Waals surface area contributed by atoms with Gasteiger partial charge in [0, 0.05) is 43.4 Å². The van der Waals surface area contributed by atoms with Crippen LogP contribution in [0.4, 0.5) is 16.2 Å². The molecule has 2 saturated heterocycles. The number of carbonyl (C=O) groups is 1. The van der Waals surface area contributed by atoms with Gasteiger partial charge >= 0.3 is 6.03 Å². The first-order chi connectivity index (χ1) is 11.5. The normalized spacial score (nSPS) is 24.8. The molecule has 2 fully saturated rings. The molecular weight excluding hydrogens is 346 g/mol. The molecule has 7 heteroatoms. The van der Waals surface area contributed by atoms with E-state index in [-0.39, 0.29) is 18.2 Å². The van der Waals surface area contributed by atoms with E-state index in [1.54, 1.807) is 4.90 Å². The van der Waals surface area contributed by atoms with Gasteiger partial charge in [-0.15, -0.1) is 0 Å². The lowest BCUT2D eigenvalue weighted by Gasteiger charge is -2.35. The average molecular weight is 370 g/mol. The summed E-state index contributed by atoms with van der Waals surface area (Å²) in [5.41, 5.74) is 1.77. The Kier molecular flexibility index (Phi) is 5.79. The third-order valence-electron chi connectivity index (χ3n) is 4.26. The maximum atomic E-state index is 12.5. The lowest BCUT2D eigenvalue weighted by Crippen LogP contribution is -2.49. The molecule has 0 radical (unpaired) electrons. The molecule has 0 aromatic heterocycles. The minimum atomic E-state index is -0.102. The first-order valence-electron chi connectivity index (χ1n) is 8.36. The van der Waals surface area contributed by atoms with Crippen LogP contribution >= 0.6 is 23.4 Å². The second-order valence-electron chi connectivity index (χ2n) is 6.36. The van der Waals surface area contributed by atoms with E-state index in [0.717, 1.165) is 36.0 Å². The predicted molar refractivity (Wildman–Crippen MR) is 102 cm³/mol. The number of nitrogens with zero attached hydrogens (tertiary/aromatic N) is 2. The number of carbonyl (C=O) groups excluding carboxylic acids is 1. The molecule has 2 heterocycles. The summed E-state index contributed by atoms with van der Waals surface area (Å²) in [6, 6.07) is 5.66. The number of halogens is 1. The minimum absolute atomic E-state index is 0.0578. The van der Waals surface area contributed by atoms with Gasteiger partial charge in [-0.25, -0.2) is 4.79 Å². The zero-order valence-electron chi connectivity index (χ0n) is 14.1. The number of morpholine rings is 1. The molecule has 1 aromatic carbocycles. The summed E-state index contributed by atoms with van der Waals surface area (Å²) in [6.45, 7) is 7.21. The number of ether oxygens (including phenoxy) is 1. The summed E-state index contributed by atoms with van der Waals surface area (Å²) < 4.78 is 5.67. The number of hydrogen-bond acceptors (Lipinski definition) is 4. The first kappa shape index (κ1) is 17.7. The summed E-state index contributed by atoms with van der Waals surface area (Å²) in [6.07, 6.45) is 0.116. The maximum absolute atomic E-state index is 12.5. The van der Waals surface area contributed by atoms with Gasteiger partial charge in [-0.1, -0.05) is 11.6 Å². The van der Waals surface area contributed by atoms with Crippen molar-refractivity contribution >= 4 is 40.8 Å². The fourth-order valence-corrected chi connectivity index (χ4v) is 4.39. The predicted octanol–water partition coefficient (Wildman–Crippen LogP) is 3.53. The number of nitrogens with one attached hydrogen (secondary N) is 1. The lowest BCUT2D eigenvalue weighted by molar-refractivity contribution is -0.0530. The van der Waals surface area contributed by atoms with Gasteiger partial charge in [-0.2, -0.15) is 11.8 Å². The Labute approximate surface area is 152 Å². The van der Waals surface area contributed by atoms with E-state index in [0.29, 0.717) is 18.1 Å². The molecule has 2 amide bonds. The largest absolute Gasteiger partial charge is 0.372 e. The Morgan fingerprint density at radius 2 is 1.92 bits per heavy atom. The summed E-state index contributed by atoms with van der Waals surface area (Å²) >= 11 is 8.41. The van der Waals surface area contributed by atoms with Crippen LogP contribution in [0.5, 0.6) is 0 Å². The van der Waals surface area contributed by atoms with E-state index in [9.17, 15) is 4.79 Å². The molecule has 0 bridgehead atoms. The molecule has 2 aliphatic rings. The van der Waals surface area contributed by atoms with E-state index in [4.69, 9.17) is 16.3 Å². The Balaban J connectivity index is 1.64. The van der Waals surface area contributed by atoms with Crippen LogP contribution < -0.4 is 10.2 Å². The molecule has 3 rings (SSSR count). The summed E-state index contributed by atoms with van der Waals surface area (Å²) in [4.78, 5) is 16.6. The maximum Gasteiger partial charge on any atom is 0.322 e. The molecule has 132 valence electrons. The molecule has 0 aliphatic carbocycles. The van der Waals surface area contributed by atoms with Gasteiger partial charge in [0.2, 0.25) is 0 Å². The van der Waals surface area contributed by atoms with Gasteiger partial charge < -0.3 is 19.9 Å². The average Bonchev–Trinajstić information content (AvgIpc) is 2.55. The van der Waals surface area contributed by atoms with E-state index >= 15 is 0 Å². The Morgan fingerprint density at radius 3 is 2.54 bits per heavy atom. The third kappa shape index (κ3) is 4.29. The van der Waals surface area contributed by atoms with Crippen molar-refractivity contribution in [1.29, 1.82) is 0 Å². The number of thioether (sulfide) groups is 1. The molecule has 1 aromatic rings. The molecule has 1 N–H and O–H groups in total. The van der Waals surface area contributed by atoms with Crippen molar-refractivity contribution in [1.82, 2.24) is 4.90 Å². The van der Waals surface area contributed by atoms with Crippen LogP contribution in [-0.4, -0.2) is 60.8 Å². The van der Waals surface area contributed by atoms with Crippen molar-refractivity contribution in [3.05, 3.63) is 23.2 Å². The zero-order chi connectivity index (χ0) is 17.1. The van der Waals surface area contributed by atoms with Crippen LogP contribution in [0.25, 0.3) is 0 Å². The van der Waals surface area contributed by atoms with E-state index in [1.165, 1.54) is 0 Å². The summed E-state index contributed by atoms with van der Waals surface area (Å²) in [7, 11) is 0. The molecule has 24 heavy (non-hydrogen) atoms. The molecule has 0 spiro atoms. The van der Waals surface area contributed by atoms with Gasteiger partial charge in [-0.3, -0.25) is 0 Å². The molecule has 2 aliphatic heterocycles. The Hall–Kier alpha value is -1.11. The molecule has 0 saturated carbocycles. The Morgan fingerprint density at radius 1 is 1.25 bits per heavy atom. The van der Waals surface area contributed by atoms with Gasteiger partial charge in [0.05, 0.1) is 22.9 Å². The highest BCUT2D eigenvalue weighted by molar-refractivity contribution is 7.99. The van der Waals surface area contributed by atoms with Crippen LogP contribution in [0.3, 0.4) is 0 Å². The van der Waals surface area contributed by atoms with Crippen LogP contribution in [0, 0.1) is 0 Å². The lowest BCUT2D eigenvalue weighted by atomic mass is 10.2. The molecular formula is C17H24ClN3O2S. The van der Waals surface area contributed by atoms with E-state index < -0.39 is 0 Å². The molecule has 5 nitrogen and oxygen atoms in total. The van der Waals surface area contributed by atoms with Gasteiger partial charge in [0.25, 0.3) is 0 Å². The fraction of sp³-hybridized carbons (Fsp3) is 0.588. The minimum Gasteiger partial charge on any atom is -0.372 e. The summed E-state index contributed by atoms with van der Waals surface area (Å²) in [5.74, 6) is 2.25. The van der Waals surface area contributed by atoms with Crippen LogP contribution in [-0.2, 0) is 4.74 Å². The zero-order valence-corrected chi connectivity index (χ0v) is 15.7. The number of amides is 2. The number of urea groups is 1. The van der Waals surface area contributed by atoms with Gasteiger partial charge in [0.1, 0.15) is 0 Å². The number of anilines is 2. The number of hydrogen-bond donors (Lipinski definition) is 1. The van der Waals surface area contributed by atoms with Crippen LogP contribution in [0.15, 0.2) is 18.2 Å². The molecule has 2 unspecified atom stereocenters. The Bertz CT molecular complexity index is 585. The van der Waals surface area contributed by atoms with E-state index in [1.807, 2.05) is 43.8 Å². The topological polar surface area (TPSA) is 44.8 Å². The van der Waals surface area contributed by atoms with Crippen molar-refractivity contribution in [3.8, 4) is 0 Å². The second kappa shape index (κ2) is 7.85. The highest BCUT2D eigenvalue weighted by Crippen LogP contribution is 2.30. The monoisotopic (exact) mass is 369 g/mol. The number of benzene rings is 1. The third-order valence-corrected chi connectivity index (χ3v) is 5.50. The first-order valence-corrected chi connectivity index (χ1v) is 9.90. The van der Waals surface area contributed by atoms with Crippen LogP contribution in [0.1, 0.15) is 13.8 Å². The SMILES string of the molecule is CC1CN(C(=O)Nc2ccc(N3CCSCC3)c(Cl)c2)CC(C)O1. The number of rotatable bonds is 2. The van der Waals surface area contributed by atoms with Gasteiger partial charge in [0.15, 0.2) is 0 Å². The standard InChI is InChI=1S/C17H24ClN3O2S/c1-12-10-21(11-13(2)23-12)17(22)19-14-3-4-16(15(18)9-14)20-5-7-24-8-6-20/h3-4,9,12-13H,5-8,10-11H2,1-2H3,(H,19,22). The quantitative estimate of drug-likeness (QED) is 0.866. The van der Waals surface area contributed by atoms with Crippen molar-refractivity contribution in [2.75, 3.05) is 47.9 Å². The highest BCUT2D eigenvalue weighted by Gasteiger charge is 2.26. The van der Waals surface area contributed by atoms with Crippen LogP contribution in [0.2, 0.25) is 5.02 Å². The molecule has 2 atom stereocenters. The van der Waals surface area contributed by atoms with Crippen molar-refractivity contribution < 1.29 is 9.53 Å². The van der Waals surface area contributed by atoms with Crippen molar-refractivity contribution in [2.45, 2.75) is 26.1 Å².